The summed E-state index contributed by atoms with van der Waals surface area (Å²) >= 11 is 0. The van der Waals surface area contributed by atoms with E-state index in [-0.39, 0.29) is 16.8 Å². The molecule has 0 amide bonds. The molecule has 0 radical (unpaired) electrons. The van der Waals surface area contributed by atoms with E-state index in [2.05, 4.69) is 58.4 Å². The summed E-state index contributed by atoms with van der Waals surface area (Å²) < 4.78 is 5.46. The van der Waals surface area contributed by atoms with Gasteiger partial charge in [-0.3, -0.25) is 4.90 Å². The number of carbonyl (C=O) groups excluding carboxylic acids is 1. The molecule has 0 saturated carbocycles. The zero-order valence-corrected chi connectivity index (χ0v) is 18.9. The highest BCUT2D eigenvalue weighted by molar-refractivity contribution is 5.78. The molecule has 158 valence electrons. The molecule has 1 saturated heterocycles. The number of hydrogen-bond acceptors (Lipinski definition) is 5. The second kappa shape index (κ2) is 8.42. The van der Waals surface area contributed by atoms with Crippen LogP contribution in [0.3, 0.4) is 0 Å². The van der Waals surface area contributed by atoms with Crippen molar-refractivity contribution < 1.29 is 14.6 Å². The van der Waals surface area contributed by atoms with Gasteiger partial charge in [-0.1, -0.05) is 41.5 Å². The van der Waals surface area contributed by atoms with Crippen LogP contribution in [0.2, 0.25) is 0 Å². The van der Waals surface area contributed by atoms with Crippen LogP contribution in [0.5, 0.6) is 5.75 Å². The fraction of sp³-hybridized carbons (Fsp3) is 0.696. The number of phenolic OH excluding ortho intramolecular Hbond substituents is 1. The number of rotatable bonds is 4. The molecule has 0 bridgehead atoms. The lowest BCUT2D eigenvalue weighted by Gasteiger charge is -2.38. The summed E-state index contributed by atoms with van der Waals surface area (Å²) in [7, 11) is 2.10. The first-order chi connectivity index (χ1) is 12.9. The Balaban J connectivity index is 2.62. The van der Waals surface area contributed by atoms with Gasteiger partial charge in [0.05, 0.1) is 6.61 Å². The summed E-state index contributed by atoms with van der Waals surface area (Å²) in [6.07, 6.45) is 0. The molecule has 1 aliphatic heterocycles. The third kappa shape index (κ3) is 5.06. The molecule has 28 heavy (non-hydrogen) atoms. The lowest BCUT2D eigenvalue weighted by molar-refractivity contribution is -0.150. The number of likely N-dealkylation sites (N-methyl/N-ethyl adjacent to an activating group) is 1. The van der Waals surface area contributed by atoms with Crippen LogP contribution in [-0.2, 0) is 20.4 Å². The fourth-order valence-electron chi connectivity index (χ4n) is 3.76. The topological polar surface area (TPSA) is 53.0 Å². The highest BCUT2D eigenvalue weighted by Gasteiger charge is 2.34. The van der Waals surface area contributed by atoms with Crippen molar-refractivity contribution in [3.05, 3.63) is 28.8 Å². The van der Waals surface area contributed by atoms with Crippen molar-refractivity contribution in [1.82, 2.24) is 9.80 Å². The van der Waals surface area contributed by atoms with E-state index in [0.29, 0.717) is 12.4 Å². The number of piperazine rings is 1. The van der Waals surface area contributed by atoms with Gasteiger partial charge in [0.25, 0.3) is 0 Å². The number of phenols is 1. The summed E-state index contributed by atoms with van der Waals surface area (Å²) in [4.78, 5) is 17.5. The molecule has 1 aliphatic rings. The summed E-state index contributed by atoms with van der Waals surface area (Å²) in [6, 6.07) is 3.56. The molecule has 1 unspecified atom stereocenters. The quantitative estimate of drug-likeness (QED) is 0.792. The lowest BCUT2D eigenvalue weighted by atomic mass is 9.77. The Morgan fingerprint density at radius 1 is 1.04 bits per heavy atom. The van der Waals surface area contributed by atoms with Crippen molar-refractivity contribution in [1.29, 1.82) is 0 Å². The van der Waals surface area contributed by atoms with Crippen molar-refractivity contribution in [3.8, 4) is 5.75 Å². The van der Waals surface area contributed by atoms with E-state index >= 15 is 0 Å². The van der Waals surface area contributed by atoms with E-state index in [1.165, 1.54) is 0 Å². The van der Waals surface area contributed by atoms with Crippen LogP contribution in [0.4, 0.5) is 0 Å². The van der Waals surface area contributed by atoms with Crippen molar-refractivity contribution in [2.75, 3.05) is 39.8 Å². The molecule has 5 nitrogen and oxygen atoms in total. The second-order valence-corrected chi connectivity index (χ2v) is 9.96. The number of ether oxygens (including phenoxy) is 1. The predicted octanol–water partition coefficient (Wildman–Crippen LogP) is 3.84. The Morgan fingerprint density at radius 2 is 1.50 bits per heavy atom. The minimum atomic E-state index is -0.448. The van der Waals surface area contributed by atoms with E-state index in [1.54, 1.807) is 0 Å². The highest BCUT2D eigenvalue weighted by atomic mass is 16.5. The third-order valence-corrected chi connectivity index (χ3v) is 5.48. The summed E-state index contributed by atoms with van der Waals surface area (Å²) in [5.74, 6) is 0.127. The zero-order valence-electron chi connectivity index (χ0n) is 18.9. The van der Waals surface area contributed by atoms with Gasteiger partial charge in [-0.15, -0.1) is 0 Å². The molecule has 1 aromatic rings. The zero-order chi connectivity index (χ0) is 21.3. The number of aromatic hydroxyl groups is 1. The first-order valence-electron chi connectivity index (χ1n) is 10.3. The second-order valence-electron chi connectivity index (χ2n) is 9.96. The van der Waals surface area contributed by atoms with Gasteiger partial charge in [-0.25, -0.2) is 4.79 Å². The smallest absolute Gasteiger partial charge is 0.328 e. The Labute approximate surface area is 170 Å². The average Bonchev–Trinajstić information content (AvgIpc) is 2.56. The molecule has 2 rings (SSSR count). The maximum atomic E-state index is 13.0. The van der Waals surface area contributed by atoms with E-state index in [4.69, 9.17) is 4.74 Å². The molecule has 0 aromatic heterocycles. The molecular weight excluding hydrogens is 352 g/mol. The van der Waals surface area contributed by atoms with E-state index in [0.717, 1.165) is 42.9 Å². The fourth-order valence-corrected chi connectivity index (χ4v) is 3.76. The highest BCUT2D eigenvalue weighted by Crippen LogP contribution is 2.41. The summed E-state index contributed by atoms with van der Waals surface area (Å²) in [5.41, 5.74) is 2.19. The first-order valence-corrected chi connectivity index (χ1v) is 10.3. The Bertz CT molecular complexity index is 658. The lowest BCUT2D eigenvalue weighted by Crippen LogP contribution is -2.48. The van der Waals surface area contributed by atoms with Crippen molar-refractivity contribution in [3.63, 3.8) is 0 Å². The molecule has 1 fully saturated rings. The number of hydrogen-bond donors (Lipinski definition) is 1. The van der Waals surface area contributed by atoms with Crippen LogP contribution in [-0.4, -0.2) is 60.7 Å². The van der Waals surface area contributed by atoms with E-state index in [9.17, 15) is 9.90 Å². The van der Waals surface area contributed by atoms with Gasteiger partial charge in [0.2, 0.25) is 0 Å². The summed E-state index contributed by atoms with van der Waals surface area (Å²) in [5, 5.41) is 11.0. The Hall–Kier alpha value is -1.59. The van der Waals surface area contributed by atoms with Crippen molar-refractivity contribution in [2.45, 2.75) is 65.3 Å². The average molecular weight is 391 g/mol. The minimum Gasteiger partial charge on any atom is -0.507 e. The van der Waals surface area contributed by atoms with Gasteiger partial charge in [-0.05, 0) is 53.6 Å². The summed E-state index contributed by atoms with van der Waals surface area (Å²) in [6.45, 7) is 18.2. The standard InChI is InChI=1S/C23H38N2O3/c1-9-28-21(27)19(25-12-10-24(8)11-13-25)16-14-17(22(2,3)4)20(26)18(15-16)23(5,6)7/h14-15,19,26H,9-13H2,1-8H3. The monoisotopic (exact) mass is 390 g/mol. The van der Waals surface area contributed by atoms with E-state index < -0.39 is 6.04 Å². The first kappa shape index (κ1) is 22.7. The van der Waals surface area contributed by atoms with Crippen LogP contribution in [0.15, 0.2) is 12.1 Å². The Kier molecular flexibility index (Phi) is 6.82. The normalized spacial score (nSPS) is 18.1. The van der Waals surface area contributed by atoms with Crippen LogP contribution < -0.4 is 0 Å². The number of benzene rings is 1. The molecule has 1 aromatic carbocycles. The van der Waals surface area contributed by atoms with Gasteiger partial charge in [0.1, 0.15) is 11.8 Å². The predicted molar refractivity (Wildman–Crippen MR) is 114 cm³/mol. The number of nitrogens with zero attached hydrogens (tertiary/aromatic N) is 2. The molecule has 0 spiro atoms. The van der Waals surface area contributed by atoms with Gasteiger partial charge in [0, 0.05) is 26.2 Å². The third-order valence-electron chi connectivity index (χ3n) is 5.48. The van der Waals surface area contributed by atoms with Crippen LogP contribution in [0.25, 0.3) is 0 Å². The van der Waals surface area contributed by atoms with E-state index in [1.807, 2.05) is 19.1 Å². The molecular formula is C23H38N2O3. The van der Waals surface area contributed by atoms with Crippen LogP contribution in [0.1, 0.15) is 71.2 Å². The molecule has 5 heteroatoms. The minimum absolute atomic E-state index is 0.211. The Morgan fingerprint density at radius 3 is 1.89 bits per heavy atom. The van der Waals surface area contributed by atoms with Gasteiger partial charge >= 0.3 is 5.97 Å². The van der Waals surface area contributed by atoms with Gasteiger partial charge in [0.15, 0.2) is 0 Å². The maximum Gasteiger partial charge on any atom is 0.328 e. The van der Waals surface area contributed by atoms with Crippen molar-refractivity contribution >= 4 is 5.97 Å². The van der Waals surface area contributed by atoms with Crippen LogP contribution >= 0.6 is 0 Å². The molecule has 0 aliphatic carbocycles. The molecule has 1 atom stereocenters. The molecule has 1 heterocycles. The van der Waals surface area contributed by atoms with Crippen LogP contribution in [0, 0.1) is 0 Å². The maximum absolute atomic E-state index is 13.0. The number of esters is 1. The SMILES string of the molecule is CCOC(=O)C(c1cc(C(C)(C)C)c(O)c(C(C)(C)C)c1)N1CCN(C)CC1. The molecule has 1 N–H and O–H groups in total. The van der Waals surface area contributed by atoms with Gasteiger partial charge < -0.3 is 14.7 Å². The largest absolute Gasteiger partial charge is 0.507 e. The number of carbonyl (C=O) groups is 1. The van der Waals surface area contributed by atoms with Crippen molar-refractivity contribution in [2.24, 2.45) is 0 Å². The van der Waals surface area contributed by atoms with Gasteiger partial charge in [-0.2, -0.15) is 0 Å².